The summed E-state index contributed by atoms with van der Waals surface area (Å²) in [7, 11) is -3.30. The molecule has 146 valence electrons. The predicted molar refractivity (Wildman–Crippen MR) is 92.2 cm³/mol. The first kappa shape index (κ1) is 23.9. The van der Waals surface area contributed by atoms with Crippen LogP contribution in [0.15, 0.2) is 0 Å². The molecule has 0 heterocycles. The SMILES string of the molecule is CCO[Si](OCC)(OC(C)(CC(O)CO)CC(O)CO)C(N)CC. The molecule has 6 N–H and O–H groups in total. The van der Waals surface area contributed by atoms with E-state index in [0.29, 0.717) is 19.6 Å². The largest absolute Gasteiger partial charge is 0.518 e. The molecule has 0 spiro atoms. The molecule has 0 aliphatic heterocycles. The minimum atomic E-state index is -3.30. The normalized spacial score (nSPS) is 18.9. The molecule has 8 nitrogen and oxygen atoms in total. The molecule has 0 aliphatic carbocycles. The summed E-state index contributed by atoms with van der Waals surface area (Å²) in [6, 6.07) is 0. The maximum atomic E-state index is 9.86. The Bertz CT molecular complexity index is 317. The number of hydrogen-bond donors (Lipinski definition) is 5. The Morgan fingerprint density at radius 3 is 1.67 bits per heavy atom. The molecular weight excluding hydrogens is 334 g/mol. The van der Waals surface area contributed by atoms with E-state index in [1.165, 1.54) is 0 Å². The molecular formula is C15H35NO7Si. The van der Waals surface area contributed by atoms with Crippen molar-refractivity contribution in [3.05, 3.63) is 0 Å². The second-order valence-electron chi connectivity index (χ2n) is 6.12. The summed E-state index contributed by atoms with van der Waals surface area (Å²) in [5, 5.41) is 38.0. The lowest BCUT2D eigenvalue weighted by molar-refractivity contribution is -0.0815. The van der Waals surface area contributed by atoms with Crippen LogP contribution in [0.5, 0.6) is 0 Å². The first-order valence-corrected chi connectivity index (χ1v) is 10.3. The summed E-state index contributed by atoms with van der Waals surface area (Å²) in [5.41, 5.74) is 4.68. The third-order valence-electron chi connectivity index (χ3n) is 3.73. The van der Waals surface area contributed by atoms with E-state index in [9.17, 15) is 10.2 Å². The van der Waals surface area contributed by atoms with Gasteiger partial charge in [-0.15, -0.1) is 0 Å². The van der Waals surface area contributed by atoms with E-state index >= 15 is 0 Å². The Kier molecular flexibility index (Phi) is 11.5. The Labute approximate surface area is 145 Å². The predicted octanol–water partition coefficient (Wildman–Crippen LogP) is -0.463. The van der Waals surface area contributed by atoms with Crippen molar-refractivity contribution in [2.45, 2.75) is 70.4 Å². The van der Waals surface area contributed by atoms with Gasteiger partial charge in [0.25, 0.3) is 0 Å². The molecule has 0 bridgehead atoms. The topological polar surface area (TPSA) is 135 Å². The molecule has 3 atom stereocenters. The molecule has 0 amide bonds. The minimum absolute atomic E-state index is 0.0475. The second kappa shape index (κ2) is 11.5. The highest BCUT2D eigenvalue weighted by Crippen LogP contribution is 2.31. The third kappa shape index (κ3) is 7.42. The van der Waals surface area contributed by atoms with Crippen molar-refractivity contribution < 1.29 is 33.7 Å². The minimum Gasteiger partial charge on any atom is -0.394 e. The Morgan fingerprint density at radius 1 is 0.958 bits per heavy atom. The van der Waals surface area contributed by atoms with Crippen molar-refractivity contribution in [3.8, 4) is 0 Å². The maximum Gasteiger partial charge on any atom is 0.518 e. The van der Waals surface area contributed by atoms with E-state index in [4.69, 9.17) is 29.2 Å². The van der Waals surface area contributed by atoms with Crippen LogP contribution in [-0.2, 0) is 13.3 Å². The van der Waals surface area contributed by atoms with Gasteiger partial charge in [-0.2, -0.15) is 0 Å². The van der Waals surface area contributed by atoms with Crippen molar-refractivity contribution in [1.29, 1.82) is 0 Å². The number of rotatable bonds is 14. The Morgan fingerprint density at radius 2 is 1.38 bits per heavy atom. The van der Waals surface area contributed by atoms with Crippen LogP contribution in [0.3, 0.4) is 0 Å². The van der Waals surface area contributed by atoms with Crippen molar-refractivity contribution >= 4 is 8.80 Å². The van der Waals surface area contributed by atoms with Crippen molar-refractivity contribution in [2.75, 3.05) is 26.4 Å². The molecule has 0 radical (unpaired) electrons. The smallest absolute Gasteiger partial charge is 0.394 e. The number of nitrogens with two attached hydrogens (primary N) is 1. The molecule has 0 aromatic heterocycles. The van der Waals surface area contributed by atoms with E-state index in [-0.39, 0.29) is 12.8 Å². The first-order valence-electron chi connectivity index (χ1n) is 8.53. The van der Waals surface area contributed by atoms with Crippen LogP contribution in [0.4, 0.5) is 0 Å². The van der Waals surface area contributed by atoms with E-state index in [1.807, 2.05) is 20.8 Å². The van der Waals surface area contributed by atoms with Gasteiger partial charge in [-0.05, 0) is 27.2 Å². The average molecular weight is 370 g/mol. The maximum absolute atomic E-state index is 9.86. The zero-order valence-electron chi connectivity index (χ0n) is 15.3. The zero-order chi connectivity index (χ0) is 18.8. The van der Waals surface area contributed by atoms with Gasteiger partial charge in [0.15, 0.2) is 0 Å². The lowest BCUT2D eigenvalue weighted by Crippen LogP contribution is -2.64. The van der Waals surface area contributed by atoms with Gasteiger partial charge in [-0.25, -0.2) is 0 Å². The number of aliphatic hydroxyl groups is 4. The summed E-state index contributed by atoms with van der Waals surface area (Å²) in [6.07, 6.45) is -1.40. The highest BCUT2D eigenvalue weighted by molar-refractivity contribution is 6.62. The molecule has 3 unspecified atom stereocenters. The van der Waals surface area contributed by atoms with Crippen LogP contribution in [0, 0.1) is 0 Å². The highest BCUT2D eigenvalue weighted by Gasteiger charge is 2.52. The van der Waals surface area contributed by atoms with Crippen LogP contribution in [0.2, 0.25) is 0 Å². The summed E-state index contributed by atoms with van der Waals surface area (Å²) < 4.78 is 17.9. The van der Waals surface area contributed by atoms with Gasteiger partial charge in [0.05, 0.1) is 36.7 Å². The number of hydrogen-bond acceptors (Lipinski definition) is 8. The van der Waals surface area contributed by atoms with Crippen molar-refractivity contribution in [1.82, 2.24) is 0 Å². The molecule has 0 saturated heterocycles. The van der Waals surface area contributed by atoms with Gasteiger partial charge in [-0.3, -0.25) is 0 Å². The third-order valence-corrected chi connectivity index (χ3v) is 7.21. The fourth-order valence-electron chi connectivity index (χ4n) is 2.68. The quantitative estimate of drug-likeness (QED) is 0.260. The molecule has 0 rings (SSSR count). The van der Waals surface area contributed by atoms with Crippen molar-refractivity contribution in [2.24, 2.45) is 5.73 Å². The van der Waals surface area contributed by atoms with E-state index < -0.39 is 45.5 Å². The van der Waals surface area contributed by atoms with E-state index in [2.05, 4.69) is 0 Å². The molecule has 0 saturated carbocycles. The van der Waals surface area contributed by atoms with Gasteiger partial charge in [-0.1, -0.05) is 6.92 Å². The lowest BCUT2D eigenvalue weighted by Gasteiger charge is -2.42. The first-order chi connectivity index (χ1) is 11.2. The van der Waals surface area contributed by atoms with Crippen LogP contribution >= 0.6 is 0 Å². The fraction of sp³-hybridized carbons (Fsp3) is 1.00. The molecule has 9 heteroatoms. The lowest BCUT2D eigenvalue weighted by atomic mass is 9.92. The standard InChI is InChI=1S/C15H35NO7Si/c1-5-14(16)24(21-6-2,22-7-3)23-15(4,8-12(19)10-17)9-13(20)11-18/h12-14,17-20H,5-11,16H2,1-4H3. The Hall–Kier alpha value is -0.103. The van der Waals surface area contributed by atoms with Gasteiger partial charge < -0.3 is 39.4 Å². The van der Waals surface area contributed by atoms with Crippen molar-refractivity contribution in [3.63, 3.8) is 0 Å². The van der Waals surface area contributed by atoms with Crippen LogP contribution in [0.1, 0.15) is 47.0 Å². The van der Waals surface area contributed by atoms with Crippen LogP contribution in [0.25, 0.3) is 0 Å². The molecule has 24 heavy (non-hydrogen) atoms. The highest BCUT2D eigenvalue weighted by atomic mass is 28.4. The molecule has 0 fully saturated rings. The molecule has 0 aromatic carbocycles. The van der Waals surface area contributed by atoms with Gasteiger partial charge in [0.1, 0.15) is 0 Å². The van der Waals surface area contributed by atoms with Crippen LogP contribution in [-0.4, -0.2) is 79.1 Å². The Balaban J connectivity index is 5.60. The second-order valence-corrected chi connectivity index (χ2v) is 8.85. The average Bonchev–Trinajstić information content (AvgIpc) is 2.53. The zero-order valence-corrected chi connectivity index (χ0v) is 16.3. The summed E-state index contributed by atoms with van der Waals surface area (Å²) >= 11 is 0. The van der Waals surface area contributed by atoms with E-state index in [0.717, 1.165) is 0 Å². The summed E-state index contributed by atoms with van der Waals surface area (Å²) in [5.74, 6) is 0. The monoisotopic (exact) mass is 369 g/mol. The molecule has 0 aromatic rings. The van der Waals surface area contributed by atoms with Gasteiger partial charge in [0, 0.05) is 26.1 Å². The number of aliphatic hydroxyl groups excluding tert-OH is 4. The molecule has 0 aliphatic rings. The summed E-state index contributed by atoms with van der Waals surface area (Å²) in [6.45, 7) is 7.03. The van der Waals surface area contributed by atoms with Crippen LogP contribution < -0.4 is 5.73 Å². The fourth-order valence-corrected chi connectivity index (χ4v) is 5.62. The van der Waals surface area contributed by atoms with Gasteiger partial charge >= 0.3 is 8.80 Å². The van der Waals surface area contributed by atoms with Gasteiger partial charge in [0.2, 0.25) is 0 Å². The van der Waals surface area contributed by atoms with E-state index in [1.54, 1.807) is 6.92 Å². The summed E-state index contributed by atoms with van der Waals surface area (Å²) in [4.78, 5) is 0.